The van der Waals surface area contributed by atoms with Gasteiger partial charge in [-0.05, 0) is 0 Å². The summed E-state index contributed by atoms with van der Waals surface area (Å²) in [6.07, 6.45) is 0. The molecular formula is CBrCl2N2W+. The van der Waals surface area contributed by atoms with Gasteiger partial charge in [-0.15, -0.1) is 0 Å². The van der Waals surface area contributed by atoms with Crippen molar-refractivity contribution in [1.29, 1.82) is 0 Å². The molecule has 0 unspecified atom stereocenters. The summed E-state index contributed by atoms with van der Waals surface area (Å²) in [5, 5.41) is 3.34. The molecule has 0 fully saturated rings. The molecule has 0 rings (SSSR count). The molecule has 0 aromatic carbocycles. The van der Waals surface area contributed by atoms with Crippen LogP contribution in [0.15, 0.2) is 5.10 Å². The Hall–Kier alpha value is 1.13. The van der Waals surface area contributed by atoms with Gasteiger partial charge in [-0.2, -0.15) is 0 Å². The van der Waals surface area contributed by atoms with Gasteiger partial charge in [0, 0.05) is 0 Å². The quantitative estimate of drug-likeness (QED) is 0.457. The molecular weight excluding hydrogens is 375 g/mol. The summed E-state index contributed by atoms with van der Waals surface area (Å²) in [5.41, 5.74) is 0. The number of rotatable bonds is 0. The van der Waals surface area contributed by atoms with Crippen molar-refractivity contribution in [1.82, 2.24) is 0 Å². The minimum atomic E-state index is -0.743. The van der Waals surface area contributed by atoms with E-state index in [-0.39, 0.29) is 4.63 Å². The molecule has 0 N–H and O–H groups in total. The molecule has 0 atom stereocenters. The zero-order valence-electron chi connectivity index (χ0n) is 2.94. The molecule has 0 aliphatic heterocycles. The predicted molar refractivity (Wildman–Crippen MR) is 31.4 cm³/mol. The van der Waals surface area contributed by atoms with E-state index in [0.29, 0.717) is 0 Å². The van der Waals surface area contributed by atoms with Gasteiger partial charge in [0.15, 0.2) is 0 Å². The fourth-order valence-electron chi connectivity index (χ4n) is 0.0463. The van der Waals surface area contributed by atoms with Gasteiger partial charge in [-0.3, -0.25) is 0 Å². The van der Waals surface area contributed by atoms with E-state index in [1.54, 1.807) is 0 Å². The third-order valence-corrected chi connectivity index (χ3v) is 1.87. The van der Waals surface area contributed by atoms with Crippen LogP contribution in [0.5, 0.6) is 0 Å². The molecule has 0 saturated heterocycles. The Morgan fingerprint density at radius 2 is 2.29 bits per heavy atom. The van der Waals surface area contributed by atoms with Crippen LogP contribution in [0, 0.1) is 0 Å². The van der Waals surface area contributed by atoms with Crippen LogP contribution in [0.1, 0.15) is 0 Å². The molecule has 0 bridgehead atoms. The van der Waals surface area contributed by atoms with Gasteiger partial charge in [0.1, 0.15) is 0 Å². The Bertz CT molecular complexity index is 130. The normalized spacial score (nSPS) is 6.71. The fraction of sp³-hybridized carbons (Fsp3) is 0. The van der Waals surface area contributed by atoms with Crippen LogP contribution in [-0.4, -0.2) is 4.63 Å². The topological polar surface area (TPSA) is 16.7 Å². The number of halogens is 3. The van der Waals surface area contributed by atoms with Crippen molar-refractivity contribution in [3.05, 3.63) is 3.42 Å². The Morgan fingerprint density at radius 3 is 2.43 bits per heavy atom. The van der Waals surface area contributed by atoms with Gasteiger partial charge in [0.2, 0.25) is 0 Å². The standard InChI is InChI=1S/CCl2N2.BrH.W/c2-1(3)5-4;;/h;1H;/q+1;;+1/p-1. The van der Waals surface area contributed by atoms with Gasteiger partial charge >= 0.3 is 65.8 Å². The molecule has 0 heterocycles. The van der Waals surface area contributed by atoms with Gasteiger partial charge in [-0.1, -0.05) is 0 Å². The summed E-state index contributed by atoms with van der Waals surface area (Å²) in [6, 6.07) is 0. The zero-order valence-corrected chi connectivity index (χ0v) is 8.97. The van der Waals surface area contributed by atoms with Crippen molar-refractivity contribution in [2.45, 2.75) is 0 Å². The van der Waals surface area contributed by atoms with Crippen LogP contribution in [0.4, 0.5) is 0 Å². The second-order valence-electron chi connectivity index (χ2n) is 0.491. The second-order valence-corrected chi connectivity index (χ2v) is 4.85. The summed E-state index contributed by atoms with van der Waals surface area (Å²) >= 11 is 12.6. The molecule has 0 aliphatic carbocycles. The Labute approximate surface area is 65.4 Å². The van der Waals surface area contributed by atoms with E-state index in [4.69, 9.17) is 23.2 Å². The van der Waals surface area contributed by atoms with E-state index in [1.165, 1.54) is 0 Å². The van der Waals surface area contributed by atoms with Crippen LogP contribution >= 0.6 is 36.5 Å². The van der Waals surface area contributed by atoms with Crippen molar-refractivity contribution in [3.63, 3.8) is 0 Å². The minimum absolute atomic E-state index is 0.0283. The van der Waals surface area contributed by atoms with Gasteiger partial charge < -0.3 is 0 Å². The number of nitrogens with zero attached hydrogens (tertiary/aromatic N) is 2. The first kappa shape index (κ1) is 8.13. The average molecular weight is 375 g/mol. The van der Waals surface area contributed by atoms with Gasteiger partial charge in [0.25, 0.3) is 0 Å². The van der Waals surface area contributed by atoms with E-state index in [9.17, 15) is 0 Å². The van der Waals surface area contributed by atoms with Crippen LogP contribution in [0.25, 0.3) is 3.42 Å². The molecule has 2 nitrogen and oxygen atoms in total. The van der Waals surface area contributed by atoms with Crippen molar-refractivity contribution in [2.75, 3.05) is 0 Å². The zero-order chi connectivity index (χ0) is 5.70. The predicted octanol–water partition coefficient (Wildman–Crippen LogP) is 2.42. The maximum absolute atomic E-state index is 5.08. The molecule has 0 aliphatic rings. The molecule has 6 heteroatoms. The van der Waals surface area contributed by atoms with Crippen molar-refractivity contribution < 1.29 is 16.1 Å². The van der Waals surface area contributed by atoms with Crippen LogP contribution in [0.3, 0.4) is 0 Å². The van der Waals surface area contributed by atoms with E-state index in [1.807, 2.05) is 0 Å². The molecule has 0 spiro atoms. The SMILES string of the molecule is ClC(Cl)=N[N+]#[W][Br]. The molecule has 7 heavy (non-hydrogen) atoms. The van der Waals surface area contributed by atoms with Crippen molar-refractivity contribution in [2.24, 2.45) is 5.10 Å². The third kappa shape index (κ3) is 7.13. The van der Waals surface area contributed by atoms with Crippen LogP contribution in [-0.2, 0) is 16.1 Å². The Balaban J connectivity index is 3.61. The molecule has 0 radical (unpaired) electrons. The first-order valence-corrected chi connectivity index (χ1v) is 9.61. The first-order chi connectivity index (χ1) is 3.27. The summed E-state index contributed by atoms with van der Waals surface area (Å²) in [7, 11) is 0. The summed E-state index contributed by atoms with van der Waals surface area (Å²) in [6.45, 7) is 0. The summed E-state index contributed by atoms with van der Waals surface area (Å²) < 4.78 is 3.55. The van der Waals surface area contributed by atoms with Crippen LogP contribution in [0.2, 0.25) is 0 Å². The van der Waals surface area contributed by atoms with Crippen molar-refractivity contribution >= 4 is 41.1 Å². The van der Waals surface area contributed by atoms with Crippen molar-refractivity contribution in [3.8, 4) is 0 Å². The van der Waals surface area contributed by atoms with Gasteiger partial charge in [-0.25, -0.2) is 0 Å². The molecule has 0 amide bonds. The summed E-state index contributed by atoms with van der Waals surface area (Å²) in [5.74, 6) is 0. The second kappa shape index (κ2) is 5.27. The van der Waals surface area contributed by atoms with E-state index >= 15 is 0 Å². The maximum atomic E-state index is 5.08. The molecule has 0 saturated carbocycles. The molecule has 0 aromatic heterocycles. The monoisotopic (exact) mass is 373 g/mol. The van der Waals surface area contributed by atoms with Gasteiger partial charge in [0.05, 0.1) is 0 Å². The molecule has 40 valence electrons. The average Bonchev–Trinajstić information content (AvgIpc) is 1.61. The Morgan fingerprint density at radius 1 is 1.71 bits per heavy atom. The molecule has 0 aromatic rings. The fourth-order valence-corrected chi connectivity index (χ4v) is 1.41. The first-order valence-electron chi connectivity index (χ1n) is 1.14. The number of hydrogen-bond acceptors (Lipinski definition) is 1. The summed E-state index contributed by atoms with van der Waals surface area (Å²) in [4.78, 5) is 0. The third-order valence-electron chi connectivity index (χ3n) is 0.147. The van der Waals surface area contributed by atoms with E-state index in [0.717, 1.165) is 0 Å². The van der Waals surface area contributed by atoms with E-state index < -0.39 is 16.1 Å². The van der Waals surface area contributed by atoms with Crippen LogP contribution < -0.4 is 0 Å². The Kier molecular flexibility index (Phi) is 6.12. The number of hydrogen-bond donors (Lipinski definition) is 0. The van der Waals surface area contributed by atoms with E-state index in [2.05, 4.69) is 21.8 Å².